The highest BCUT2D eigenvalue weighted by Gasteiger charge is 2.34. The summed E-state index contributed by atoms with van der Waals surface area (Å²) in [4.78, 5) is 21.1. The van der Waals surface area contributed by atoms with Crippen LogP contribution in [0.1, 0.15) is 5.56 Å². The smallest absolute Gasteiger partial charge is 0.323 e. The number of hydrogen-bond acceptors (Lipinski definition) is 8. The second-order valence-corrected chi connectivity index (χ2v) is 11.6. The van der Waals surface area contributed by atoms with Gasteiger partial charge in [-0.1, -0.05) is 48.0 Å². The van der Waals surface area contributed by atoms with E-state index in [0.29, 0.717) is 45.4 Å². The molecule has 3 heterocycles. The molecule has 3 aromatic carbocycles. The lowest BCUT2D eigenvalue weighted by molar-refractivity contribution is 0.262. The Labute approximate surface area is 240 Å². The van der Waals surface area contributed by atoms with Crippen LogP contribution in [0.3, 0.4) is 0 Å². The Bertz CT molecular complexity index is 1880. The number of aromatic nitrogens is 4. The van der Waals surface area contributed by atoms with E-state index in [1.54, 1.807) is 54.7 Å². The molecule has 0 bridgehead atoms. The zero-order valence-corrected chi connectivity index (χ0v) is 22.9. The van der Waals surface area contributed by atoms with Crippen molar-refractivity contribution in [3.63, 3.8) is 0 Å². The number of rotatable bonds is 6. The van der Waals surface area contributed by atoms with Crippen molar-refractivity contribution in [2.24, 2.45) is 0 Å². The minimum Gasteiger partial charge on any atom is -0.368 e. The number of nitrogen functional groups attached to an aromatic ring is 1. The van der Waals surface area contributed by atoms with Crippen molar-refractivity contribution in [1.82, 2.24) is 20.2 Å². The maximum absolute atomic E-state index is 14.0. The molecule has 2 amide bonds. The zero-order valence-electron chi connectivity index (χ0n) is 21.4. The zero-order chi connectivity index (χ0) is 28.6. The predicted molar refractivity (Wildman–Crippen MR) is 159 cm³/mol. The molecule has 2 aromatic heterocycles. The Morgan fingerprint density at radius 3 is 2.68 bits per heavy atom. The van der Waals surface area contributed by atoms with Gasteiger partial charge in [0.15, 0.2) is 5.65 Å². The maximum Gasteiger partial charge on any atom is 0.323 e. The van der Waals surface area contributed by atoms with Crippen molar-refractivity contribution >= 4 is 67.5 Å². The normalized spacial score (nSPS) is 14.9. The van der Waals surface area contributed by atoms with Crippen LogP contribution in [-0.4, -0.2) is 47.2 Å². The van der Waals surface area contributed by atoms with Crippen LogP contribution in [0.5, 0.6) is 0 Å². The van der Waals surface area contributed by atoms with Crippen LogP contribution >= 0.6 is 11.6 Å². The Hall–Kier alpha value is -4.88. The number of fused-ring (bicyclic) bond motifs is 2. The number of aromatic amines is 1. The summed E-state index contributed by atoms with van der Waals surface area (Å²) < 4.78 is 29.4. The summed E-state index contributed by atoms with van der Waals surface area (Å²) >= 11 is 6.13. The molecule has 208 valence electrons. The number of nitrogens with two attached hydrogens (primary N) is 1. The van der Waals surface area contributed by atoms with E-state index in [2.05, 4.69) is 36.1 Å². The van der Waals surface area contributed by atoms with E-state index in [-0.39, 0.29) is 23.4 Å². The summed E-state index contributed by atoms with van der Waals surface area (Å²) in [5.74, 6) is 0.520. The number of carbonyl (C=O) groups excluding carboxylic acids is 1. The van der Waals surface area contributed by atoms with Gasteiger partial charge in [0.1, 0.15) is 5.82 Å². The van der Waals surface area contributed by atoms with E-state index >= 15 is 0 Å². The van der Waals surface area contributed by atoms with E-state index in [0.717, 1.165) is 5.56 Å². The van der Waals surface area contributed by atoms with E-state index in [1.165, 1.54) is 16.4 Å². The second-order valence-electron chi connectivity index (χ2n) is 9.36. The molecule has 12 nitrogen and oxygen atoms in total. The fourth-order valence-electron chi connectivity index (χ4n) is 4.74. The van der Waals surface area contributed by atoms with Gasteiger partial charge in [0, 0.05) is 5.69 Å². The lowest BCUT2D eigenvalue weighted by Gasteiger charge is -2.36. The molecule has 6 N–H and O–H groups in total. The third kappa shape index (κ3) is 5.32. The third-order valence-electron chi connectivity index (χ3n) is 6.58. The molecule has 1 atom stereocenters. The first-order chi connectivity index (χ1) is 19.8. The Morgan fingerprint density at radius 2 is 1.83 bits per heavy atom. The SMILES string of the molecule is Nc1nc(NC2Cc3ccccc3N(S(=O)(=O)c3cccc(NC(=O)Nc4ccccc4Cl)c3)C2)c2cn[nH]c2n1. The third-order valence-corrected chi connectivity index (χ3v) is 8.69. The summed E-state index contributed by atoms with van der Waals surface area (Å²) in [7, 11) is -4.04. The lowest BCUT2D eigenvalue weighted by Crippen LogP contribution is -2.45. The number of sulfonamides is 1. The van der Waals surface area contributed by atoms with Crippen molar-refractivity contribution in [2.45, 2.75) is 17.4 Å². The van der Waals surface area contributed by atoms with Gasteiger partial charge in [-0.25, -0.2) is 13.2 Å². The molecule has 41 heavy (non-hydrogen) atoms. The van der Waals surface area contributed by atoms with Gasteiger partial charge < -0.3 is 21.7 Å². The van der Waals surface area contributed by atoms with E-state index in [4.69, 9.17) is 17.3 Å². The van der Waals surface area contributed by atoms with Gasteiger partial charge in [-0.05, 0) is 48.4 Å². The number of amides is 2. The number of anilines is 5. The number of carbonyl (C=O) groups is 1. The molecule has 0 saturated carbocycles. The van der Waals surface area contributed by atoms with Crippen LogP contribution in [-0.2, 0) is 16.4 Å². The minimum absolute atomic E-state index is 0.0204. The molecule has 14 heteroatoms. The van der Waals surface area contributed by atoms with Gasteiger partial charge in [0.05, 0.1) is 45.5 Å². The fourth-order valence-corrected chi connectivity index (χ4v) is 6.52. The van der Waals surface area contributed by atoms with Gasteiger partial charge >= 0.3 is 6.03 Å². The summed E-state index contributed by atoms with van der Waals surface area (Å²) in [5.41, 5.74) is 8.51. The summed E-state index contributed by atoms with van der Waals surface area (Å²) in [6.07, 6.45) is 2.14. The molecule has 6 rings (SSSR count). The Morgan fingerprint density at radius 1 is 1.02 bits per heavy atom. The molecule has 0 saturated heterocycles. The van der Waals surface area contributed by atoms with Crippen molar-refractivity contribution in [3.05, 3.63) is 89.6 Å². The molecular weight excluding hydrogens is 566 g/mol. The van der Waals surface area contributed by atoms with Gasteiger partial charge in [-0.3, -0.25) is 9.40 Å². The first-order valence-electron chi connectivity index (χ1n) is 12.5. The topological polar surface area (TPSA) is 171 Å². The summed E-state index contributed by atoms with van der Waals surface area (Å²) in [6.45, 7) is 0.118. The molecule has 0 aliphatic carbocycles. The van der Waals surface area contributed by atoms with Crippen molar-refractivity contribution in [1.29, 1.82) is 0 Å². The molecule has 1 aliphatic rings. The largest absolute Gasteiger partial charge is 0.368 e. The molecule has 1 aliphatic heterocycles. The number of benzene rings is 3. The highest BCUT2D eigenvalue weighted by Crippen LogP contribution is 2.34. The fraction of sp³-hybridized carbons (Fsp3) is 0.111. The molecule has 0 fully saturated rings. The van der Waals surface area contributed by atoms with Crippen molar-refractivity contribution in [2.75, 3.05) is 32.5 Å². The quantitative estimate of drug-likeness (QED) is 0.193. The Kier molecular flexibility index (Phi) is 6.81. The standard InChI is InChI=1S/C27H24ClN9O3S/c28-21-9-2-3-10-22(21)33-27(38)32-17-7-5-8-19(13-17)41(39,40)37-15-18(12-16-6-1-4-11-23(16)37)31-24-20-14-30-36-25(20)35-26(29)34-24/h1-11,13-14,18H,12,15H2,(H2,32,33,38)(H4,29,30,31,34,35,36). The molecule has 0 spiro atoms. The van der Waals surface area contributed by atoms with Crippen LogP contribution in [0.15, 0.2) is 83.9 Å². The second kappa shape index (κ2) is 10.6. The van der Waals surface area contributed by atoms with E-state index in [1.807, 2.05) is 12.1 Å². The van der Waals surface area contributed by atoms with Crippen LogP contribution in [0, 0.1) is 0 Å². The van der Waals surface area contributed by atoms with Gasteiger partial charge in [-0.2, -0.15) is 15.1 Å². The number of para-hydroxylation sites is 2. The molecule has 1 unspecified atom stereocenters. The number of halogens is 1. The number of nitrogens with zero attached hydrogens (tertiary/aromatic N) is 4. The van der Waals surface area contributed by atoms with Gasteiger partial charge in [-0.15, -0.1) is 0 Å². The first-order valence-corrected chi connectivity index (χ1v) is 14.4. The van der Waals surface area contributed by atoms with Crippen molar-refractivity contribution in [3.8, 4) is 0 Å². The average Bonchev–Trinajstić information content (AvgIpc) is 3.43. The van der Waals surface area contributed by atoms with Crippen LogP contribution in [0.25, 0.3) is 11.0 Å². The highest BCUT2D eigenvalue weighted by molar-refractivity contribution is 7.92. The van der Waals surface area contributed by atoms with Gasteiger partial charge in [0.2, 0.25) is 5.95 Å². The van der Waals surface area contributed by atoms with Crippen molar-refractivity contribution < 1.29 is 13.2 Å². The Balaban J connectivity index is 1.27. The van der Waals surface area contributed by atoms with E-state index < -0.39 is 16.1 Å². The number of hydrogen-bond donors (Lipinski definition) is 5. The summed E-state index contributed by atoms with van der Waals surface area (Å²) in [6, 6.07) is 19.3. The van der Waals surface area contributed by atoms with Gasteiger partial charge in [0.25, 0.3) is 10.0 Å². The van der Waals surface area contributed by atoms with Crippen LogP contribution in [0.4, 0.5) is 33.6 Å². The number of H-pyrrole nitrogens is 1. The molecule has 5 aromatic rings. The minimum atomic E-state index is -4.04. The average molecular weight is 590 g/mol. The number of nitrogens with one attached hydrogen (secondary N) is 4. The van der Waals surface area contributed by atoms with E-state index in [9.17, 15) is 13.2 Å². The van der Waals surface area contributed by atoms with Crippen LogP contribution in [0.2, 0.25) is 5.02 Å². The molecular formula is C27H24ClN9O3S. The van der Waals surface area contributed by atoms with Crippen LogP contribution < -0.4 is 26.0 Å². The monoisotopic (exact) mass is 589 g/mol. The highest BCUT2D eigenvalue weighted by atomic mass is 35.5. The first kappa shape index (κ1) is 26.3. The summed E-state index contributed by atoms with van der Waals surface area (Å²) in [5, 5.41) is 16.5. The lowest BCUT2D eigenvalue weighted by atomic mass is 9.99. The molecule has 0 radical (unpaired) electrons. The number of urea groups is 1. The predicted octanol–water partition coefficient (Wildman–Crippen LogP) is 4.46. The maximum atomic E-state index is 14.0.